The molecule has 0 aliphatic carbocycles. The number of rotatable bonds is 47. The molecule has 6 unspecified atom stereocenters. The molecule has 0 spiro atoms. The fraction of sp³-hybridized carbons (Fsp3) is 0.941. The highest BCUT2D eigenvalue weighted by molar-refractivity contribution is 7.80. The second-order valence-corrected chi connectivity index (χ2v) is 19.5. The highest BCUT2D eigenvalue weighted by Crippen LogP contribution is 2.26. The van der Waals surface area contributed by atoms with E-state index < -0.39 is 59.8 Å². The summed E-state index contributed by atoms with van der Waals surface area (Å²) in [6.45, 7) is 3.98. The van der Waals surface area contributed by atoms with Gasteiger partial charge in [0.2, 0.25) is 0 Å². The van der Waals surface area contributed by atoms with Crippen molar-refractivity contribution in [3.05, 3.63) is 12.2 Å². The topological polar surface area (TPSA) is 178 Å². The molecule has 6 atom stereocenters. The van der Waals surface area contributed by atoms with Gasteiger partial charge in [0.05, 0.1) is 19.8 Å². The lowest BCUT2D eigenvalue weighted by molar-refractivity contribution is -0.301. The van der Waals surface area contributed by atoms with Gasteiger partial charge in [0.1, 0.15) is 30.5 Å². The van der Waals surface area contributed by atoms with E-state index in [2.05, 4.69) is 30.2 Å². The summed E-state index contributed by atoms with van der Waals surface area (Å²) in [5.74, 6) is -0.405. The average molecular weight is 935 g/mol. The standard InChI is InChI=1S/C51H98O12S/c1-3-5-7-9-11-13-15-16-17-18-19-20-21-22-23-24-25-26-27-28-29-31-33-35-37-39-41-59-43-45(61-47(53)40-38-36-34-32-30-14-12-10-8-6-4-2)44-60-51-49(55)50(63-64(56,57)58)48(54)46(42-52)62-51/h10,12,45-46,48-52,54-55H,3-9,11,13-44H2,1-2H3,(H,56,57,58)/b12-10-. The minimum absolute atomic E-state index is 0.0385. The van der Waals surface area contributed by atoms with E-state index >= 15 is 0 Å². The average Bonchev–Trinajstić information content (AvgIpc) is 3.27. The Morgan fingerprint density at radius 3 is 1.45 bits per heavy atom. The van der Waals surface area contributed by atoms with E-state index in [1.54, 1.807) is 0 Å². The van der Waals surface area contributed by atoms with Gasteiger partial charge in [0, 0.05) is 13.0 Å². The lowest BCUT2D eigenvalue weighted by atomic mass is 9.99. The first-order valence-electron chi connectivity index (χ1n) is 26.4. The number of esters is 1. The molecule has 1 fully saturated rings. The number of carbonyl (C=O) groups is 1. The Bertz CT molecular complexity index is 1170. The molecule has 1 aliphatic rings. The Morgan fingerprint density at radius 1 is 0.578 bits per heavy atom. The van der Waals surface area contributed by atoms with Crippen LogP contribution in [0.1, 0.15) is 245 Å². The summed E-state index contributed by atoms with van der Waals surface area (Å²) in [5, 5.41) is 30.7. The number of allylic oxidation sites excluding steroid dienone is 2. The molecule has 0 bridgehead atoms. The van der Waals surface area contributed by atoms with Crippen molar-refractivity contribution in [1.29, 1.82) is 0 Å². The Kier molecular flexibility index (Phi) is 41.0. The fourth-order valence-corrected chi connectivity index (χ4v) is 8.87. The number of hydrogen-bond acceptors (Lipinski definition) is 11. The Labute approximate surface area is 391 Å². The van der Waals surface area contributed by atoms with Crippen molar-refractivity contribution >= 4 is 16.4 Å². The van der Waals surface area contributed by atoms with Gasteiger partial charge in [-0.05, 0) is 32.1 Å². The summed E-state index contributed by atoms with van der Waals surface area (Å²) in [6.07, 6.45) is 39.9. The van der Waals surface area contributed by atoms with Gasteiger partial charge in [-0.2, -0.15) is 8.42 Å². The highest BCUT2D eigenvalue weighted by Gasteiger charge is 2.48. The summed E-state index contributed by atoms with van der Waals surface area (Å²) >= 11 is 0. The van der Waals surface area contributed by atoms with E-state index in [-0.39, 0.29) is 19.6 Å². The number of carbonyl (C=O) groups excluding carboxylic acids is 1. The molecule has 1 saturated heterocycles. The molecule has 64 heavy (non-hydrogen) atoms. The quantitative estimate of drug-likeness (QED) is 0.0197. The second-order valence-electron chi connectivity index (χ2n) is 18.5. The van der Waals surface area contributed by atoms with Crippen molar-refractivity contribution in [2.24, 2.45) is 0 Å². The number of unbranched alkanes of at least 4 members (excludes halogenated alkanes) is 32. The van der Waals surface area contributed by atoms with E-state index in [0.717, 1.165) is 57.8 Å². The third-order valence-corrected chi connectivity index (χ3v) is 12.9. The number of aliphatic hydroxyl groups is 3. The van der Waals surface area contributed by atoms with E-state index in [9.17, 15) is 33.1 Å². The highest BCUT2D eigenvalue weighted by atomic mass is 32.3. The van der Waals surface area contributed by atoms with Gasteiger partial charge >= 0.3 is 16.4 Å². The molecule has 0 radical (unpaired) electrons. The molecule has 0 saturated carbocycles. The Morgan fingerprint density at radius 2 is 1.00 bits per heavy atom. The van der Waals surface area contributed by atoms with Crippen LogP contribution in [-0.4, -0.2) is 97.5 Å². The molecule has 380 valence electrons. The molecular formula is C51H98O12S. The summed E-state index contributed by atoms with van der Waals surface area (Å²) in [5.41, 5.74) is 0. The zero-order valence-corrected chi connectivity index (χ0v) is 41.7. The van der Waals surface area contributed by atoms with E-state index in [1.807, 2.05) is 0 Å². The molecule has 13 heteroatoms. The van der Waals surface area contributed by atoms with Crippen molar-refractivity contribution < 1.29 is 56.2 Å². The predicted octanol–water partition coefficient (Wildman–Crippen LogP) is 12.2. The van der Waals surface area contributed by atoms with E-state index in [0.29, 0.717) is 13.0 Å². The lowest BCUT2D eigenvalue weighted by Crippen LogP contribution is -2.60. The molecule has 0 aromatic heterocycles. The summed E-state index contributed by atoms with van der Waals surface area (Å²) in [4.78, 5) is 12.8. The van der Waals surface area contributed by atoms with Crippen molar-refractivity contribution in [2.45, 2.75) is 282 Å². The van der Waals surface area contributed by atoms with E-state index in [1.165, 1.54) is 161 Å². The normalized spacial score (nSPS) is 19.8. The first kappa shape index (κ1) is 60.9. The third kappa shape index (κ3) is 36.0. The van der Waals surface area contributed by atoms with Crippen LogP contribution in [0.3, 0.4) is 0 Å². The minimum atomic E-state index is -5.06. The van der Waals surface area contributed by atoms with E-state index in [4.69, 9.17) is 18.9 Å². The van der Waals surface area contributed by atoms with Gasteiger partial charge in [-0.15, -0.1) is 0 Å². The second kappa shape index (κ2) is 43.1. The van der Waals surface area contributed by atoms with Gasteiger partial charge < -0.3 is 34.3 Å². The van der Waals surface area contributed by atoms with Crippen LogP contribution in [0, 0.1) is 0 Å². The summed E-state index contributed by atoms with van der Waals surface area (Å²) < 4.78 is 59.2. The Balaban J connectivity index is 2.23. The third-order valence-electron chi connectivity index (χ3n) is 12.4. The molecular weight excluding hydrogens is 837 g/mol. The Hall–Kier alpha value is -1.16. The molecule has 12 nitrogen and oxygen atoms in total. The monoisotopic (exact) mass is 935 g/mol. The van der Waals surface area contributed by atoms with Crippen LogP contribution < -0.4 is 0 Å². The van der Waals surface area contributed by atoms with Gasteiger partial charge in [-0.25, -0.2) is 4.18 Å². The zero-order chi connectivity index (χ0) is 46.8. The van der Waals surface area contributed by atoms with Gasteiger partial charge in [-0.3, -0.25) is 9.35 Å². The molecule has 0 aromatic rings. The number of hydrogen-bond donors (Lipinski definition) is 4. The van der Waals surface area contributed by atoms with Gasteiger partial charge in [0.25, 0.3) is 0 Å². The van der Waals surface area contributed by atoms with Crippen LogP contribution in [0.5, 0.6) is 0 Å². The van der Waals surface area contributed by atoms with Crippen molar-refractivity contribution in [1.82, 2.24) is 0 Å². The molecule has 0 aromatic carbocycles. The van der Waals surface area contributed by atoms with Crippen molar-refractivity contribution in [2.75, 3.05) is 26.4 Å². The maximum absolute atomic E-state index is 12.8. The lowest BCUT2D eigenvalue weighted by Gasteiger charge is -2.41. The molecule has 4 N–H and O–H groups in total. The van der Waals surface area contributed by atoms with Gasteiger partial charge in [-0.1, -0.05) is 219 Å². The van der Waals surface area contributed by atoms with Crippen LogP contribution in [0.4, 0.5) is 0 Å². The molecule has 0 amide bonds. The van der Waals surface area contributed by atoms with Crippen molar-refractivity contribution in [3.8, 4) is 0 Å². The van der Waals surface area contributed by atoms with Crippen LogP contribution in [-0.2, 0) is 38.3 Å². The largest absolute Gasteiger partial charge is 0.457 e. The predicted molar refractivity (Wildman–Crippen MR) is 258 cm³/mol. The zero-order valence-electron chi connectivity index (χ0n) is 40.9. The SMILES string of the molecule is CCCC/C=C\CCCCCCCC(=O)OC(COCCCCCCCCCCCCCCCCCCCCCCCCCCCC)COC1OC(CO)C(O)C(OS(=O)(=O)O)C1O. The summed E-state index contributed by atoms with van der Waals surface area (Å²) in [7, 11) is -5.06. The fourth-order valence-electron chi connectivity index (χ4n) is 8.36. The molecule has 1 heterocycles. The van der Waals surface area contributed by atoms with Gasteiger partial charge in [0.15, 0.2) is 6.29 Å². The summed E-state index contributed by atoms with van der Waals surface area (Å²) in [6, 6.07) is 0. The minimum Gasteiger partial charge on any atom is -0.457 e. The molecule has 1 aliphatic heterocycles. The molecule has 1 rings (SSSR count). The smallest absolute Gasteiger partial charge is 0.397 e. The van der Waals surface area contributed by atoms with Crippen LogP contribution in [0.25, 0.3) is 0 Å². The maximum atomic E-state index is 12.8. The van der Waals surface area contributed by atoms with Crippen LogP contribution in [0.15, 0.2) is 12.2 Å². The van der Waals surface area contributed by atoms with Crippen molar-refractivity contribution in [3.63, 3.8) is 0 Å². The number of aliphatic hydroxyl groups excluding tert-OH is 3. The van der Waals surface area contributed by atoms with Crippen LogP contribution in [0.2, 0.25) is 0 Å². The first-order chi connectivity index (χ1) is 31.1. The number of ether oxygens (including phenoxy) is 4. The van der Waals surface area contributed by atoms with Crippen LogP contribution >= 0.6 is 0 Å². The first-order valence-corrected chi connectivity index (χ1v) is 27.8. The maximum Gasteiger partial charge on any atom is 0.397 e.